The SMILES string of the molecule is CCOc1ccc(C(=O)Nc2cccc(C(=O)OC)c2C)cc1Cl. The van der Waals surface area contributed by atoms with Gasteiger partial charge in [-0.05, 0) is 49.7 Å². The van der Waals surface area contributed by atoms with Crippen molar-refractivity contribution < 1.29 is 19.1 Å². The van der Waals surface area contributed by atoms with Gasteiger partial charge in [-0.15, -0.1) is 0 Å². The van der Waals surface area contributed by atoms with E-state index in [4.69, 9.17) is 21.1 Å². The number of methoxy groups -OCH3 is 1. The highest BCUT2D eigenvalue weighted by molar-refractivity contribution is 6.32. The zero-order valence-corrected chi connectivity index (χ0v) is 14.4. The highest BCUT2D eigenvalue weighted by Gasteiger charge is 2.15. The first-order valence-corrected chi connectivity index (χ1v) is 7.77. The Kier molecular flexibility index (Phi) is 5.82. The molecule has 0 unspecified atom stereocenters. The summed E-state index contributed by atoms with van der Waals surface area (Å²) in [5, 5.41) is 3.14. The van der Waals surface area contributed by atoms with E-state index in [1.807, 2.05) is 6.92 Å². The number of hydrogen-bond acceptors (Lipinski definition) is 4. The first-order valence-electron chi connectivity index (χ1n) is 7.39. The molecule has 24 heavy (non-hydrogen) atoms. The number of esters is 1. The Hall–Kier alpha value is -2.53. The van der Waals surface area contributed by atoms with Crippen LogP contribution in [0.1, 0.15) is 33.2 Å². The molecule has 0 fully saturated rings. The fraction of sp³-hybridized carbons (Fsp3) is 0.222. The van der Waals surface area contributed by atoms with Gasteiger partial charge in [0, 0.05) is 11.3 Å². The standard InChI is InChI=1S/C18H18ClNO4/c1-4-24-16-9-8-12(10-14(16)19)17(21)20-15-7-5-6-13(11(15)2)18(22)23-3/h5-10H,4H2,1-3H3,(H,20,21). The first-order chi connectivity index (χ1) is 11.5. The summed E-state index contributed by atoms with van der Waals surface area (Å²) >= 11 is 6.11. The smallest absolute Gasteiger partial charge is 0.338 e. The molecule has 2 aromatic carbocycles. The van der Waals surface area contributed by atoms with Gasteiger partial charge in [-0.3, -0.25) is 4.79 Å². The number of rotatable bonds is 5. The van der Waals surface area contributed by atoms with Crippen molar-refractivity contribution in [3.63, 3.8) is 0 Å². The fourth-order valence-corrected chi connectivity index (χ4v) is 2.45. The lowest BCUT2D eigenvalue weighted by Gasteiger charge is -2.12. The second-order valence-electron chi connectivity index (χ2n) is 5.00. The minimum atomic E-state index is -0.451. The van der Waals surface area contributed by atoms with E-state index in [1.54, 1.807) is 43.3 Å². The van der Waals surface area contributed by atoms with Crippen LogP contribution < -0.4 is 10.1 Å². The van der Waals surface area contributed by atoms with Gasteiger partial charge in [0.25, 0.3) is 5.91 Å². The van der Waals surface area contributed by atoms with E-state index >= 15 is 0 Å². The molecule has 0 saturated carbocycles. The monoisotopic (exact) mass is 347 g/mol. The van der Waals surface area contributed by atoms with Crippen molar-refractivity contribution >= 4 is 29.2 Å². The number of hydrogen-bond donors (Lipinski definition) is 1. The van der Waals surface area contributed by atoms with E-state index < -0.39 is 5.97 Å². The van der Waals surface area contributed by atoms with E-state index in [1.165, 1.54) is 7.11 Å². The second kappa shape index (κ2) is 7.84. The molecule has 5 nitrogen and oxygen atoms in total. The normalized spacial score (nSPS) is 10.2. The molecule has 0 spiro atoms. The molecular formula is C18H18ClNO4. The quantitative estimate of drug-likeness (QED) is 0.827. The predicted molar refractivity (Wildman–Crippen MR) is 93.1 cm³/mol. The van der Waals surface area contributed by atoms with Crippen LogP contribution in [0.2, 0.25) is 5.02 Å². The maximum atomic E-state index is 12.4. The number of ether oxygens (including phenoxy) is 2. The lowest BCUT2D eigenvalue weighted by Crippen LogP contribution is -2.14. The number of anilines is 1. The Labute approximate surface area is 145 Å². The lowest BCUT2D eigenvalue weighted by atomic mass is 10.1. The summed E-state index contributed by atoms with van der Waals surface area (Å²) in [6.07, 6.45) is 0. The van der Waals surface area contributed by atoms with Crippen LogP contribution in [0, 0.1) is 6.92 Å². The summed E-state index contributed by atoms with van der Waals surface area (Å²) in [5.74, 6) is -0.252. The molecule has 2 rings (SSSR count). The molecule has 0 atom stereocenters. The number of nitrogens with one attached hydrogen (secondary N) is 1. The van der Waals surface area contributed by atoms with Gasteiger partial charge in [-0.1, -0.05) is 17.7 Å². The Balaban J connectivity index is 2.24. The van der Waals surface area contributed by atoms with Crippen LogP contribution in [0.25, 0.3) is 0 Å². The van der Waals surface area contributed by atoms with E-state index in [9.17, 15) is 9.59 Å². The van der Waals surface area contributed by atoms with Crippen molar-refractivity contribution in [1.29, 1.82) is 0 Å². The minimum absolute atomic E-state index is 0.329. The van der Waals surface area contributed by atoms with Crippen molar-refractivity contribution in [2.75, 3.05) is 19.0 Å². The summed E-state index contributed by atoms with van der Waals surface area (Å²) in [6, 6.07) is 9.87. The van der Waals surface area contributed by atoms with Crippen LogP contribution in [0.15, 0.2) is 36.4 Å². The lowest BCUT2D eigenvalue weighted by molar-refractivity contribution is 0.0599. The molecule has 0 aliphatic rings. The molecule has 6 heteroatoms. The molecule has 0 heterocycles. The largest absolute Gasteiger partial charge is 0.492 e. The highest BCUT2D eigenvalue weighted by Crippen LogP contribution is 2.26. The number of halogens is 1. The molecule has 0 bridgehead atoms. The second-order valence-corrected chi connectivity index (χ2v) is 5.41. The first kappa shape index (κ1) is 17.8. The van der Waals surface area contributed by atoms with Crippen LogP contribution in [-0.2, 0) is 4.74 Å². The topological polar surface area (TPSA) is 64.6 Å². The summed E-state index contributed by atoms with van der Waals surface area (Å²) < 4.78 is 10.1. The Morgan fingerprint density at radius 1 is 1.21 bits per heavy atom. The maximum absolute atomic E-state index is 12.4. The van der Waals surface area contributed by atoms with E-state index in [-0.39, 0.29) is 5.91 Å². The Morgan fingerprint density at radius 2 is 1.96 bits per heavy atom. The zero-order valence-electron chi connectivity index (χ0n) is 13.7. The molecule has 0 aliphatic heterocycles. The summed E-state index contributed by atoms with van der Waals surface area (Å²) in [7, 11) is 1.31. The van der Waals surface area contributed by atoms with Crippen LogP contribution >= 0.6 is 11.6 Å². The Morgan fingerprint density at radius 3 is 2.58 bits per heavy atom. The summed E-state index contributed by atoms with van der Waals surface area (Å²) in [6.45, 7) is 4.09. The molecule has 0 saturated heterocycles. The van der Waals surface area contributed by atoms with Gasteiger partial charge in [0.15, 0.2) is 0 Å². The third kappa shape index (κ3) is 3.86. The maximum Gasteiger partial charge on any atom is 0.338 e. The third-order valence-corrected chi connectivity index (χ3v) is 3.78. The molecule has 2 aromatic rings. The van der Waals surface area contributed by atoms with E-state index in [0.717, 1.165) is 0 Å². The minimum Gasteiger partial charge on any atom is -0.492 e. The molecule has 1 N–H and O–H groups in total. The van der Waals surface area contributed by atoms with Crippen molar-refractivity contribution in [3.8, 4) is 5.75 Å². The van der Waals surface area contributed by atoms with Gasteiger partial charge in [0.1, 0.15) is 5.75 Å². The van der Waals surface area contributed by atoms with Crippen molar-refractivity contribution in [2.24, 2.45) is 0 Å². The summed E-state index contributed by atoms with van der Waals surface area (Å²) in [4.78, 5) is 24.1. The average molecular weight is 348 g/mol. The fourth-order valence-electron chi connectivity index (χ4n) is 2.21. The van der Waals surface area contributed by atoms with Crippen molar-refractivity contribution in [2.45, 2.75) is 13.8 Å². The zero-order chi connectivity index (χ0) is 17.7. The molecule has 0 aliphatic carbocycles. The molecule has 1 amide bonds. The number of carbonyl (C=O) groups excluding carboxylic acids is 2. The Bertz CT molecular complexity index is 774. The third-order valence-electron chi connectivity index (χ3n) is 3.48. The number of benzene rings is 2. The van der Waals surface area contributed by atoms with Crippen LogP contribution in [0.5, 0.6) is 5.75 Å². The van der Waals surface area contributed by atoms with Gasteiger partial charge in [0.05, 0.1) is 24.3 Å². The average Bonchev–Trinajstić information content (AvgIpc) is 2.58. The number of amides is 1. The highest BCUT2D eigenvalue weighted by atomic mass is 35.5. The molecule has 0 aromatic heterocycles. The molecular weight excluding hydrogens is 330 g/mol. The summed E-state index contributed by atoms with van der Waals surface area (Å²) in [5.41, 5.74) is 1.97. The van der Waals surface area contributed by atoms with Gasteiger partial charge >= 0.3 is 5.97 Å². The van der Waals surface area contributed by atoms with E-state index in [2.05, 4.69) is 5.32 Å². The van der Waals surface area contributed by atoms with Gasteiger partial charge in [-0.2, -0.15) is 0 Å². The van der Waals surface area contributed by atoms with Crippen LogP contribution in [0.3, 0.4) is 0 Å². The number of carbonyl (C=O) groups is 2. The van der Waals surface area contributed by atoms with Crippen LogP contribution in [0.4, 0.5) is 5.69 Å². The predicted octanol–water partition coefficient (Wildman–Crippen LogP) is 4.09. The van der Waals surface area contributed by atoms with Crippen molar-refractivity contribution in [1.82, 2.24) is 0 Å². The van der Waals surface area contributed by atoms with Crippen LogP contribution in [-0.4, -0.2) is 25.6 Å². The molecule has 0 radical (unpaired) electrons. The van der Waals surface area contributed by atoms with Crippen molar-refractivity contribution in [3.05, 3.63) is 58.1 Å². The van der Waals surface area contributed by atoms with Gasteiger partial charge < -0.3 is 14.8 Å². The molecule has 126 valence electrons. The van der Waals surface area contributed by atoms with Gasteiger partial charge in [-0.25, -0.2) is 4.79 Å². The van der Waals surface area contributed by atoms with Gasteiger partial charge in [0.2, 0.25) is 0 Å². The van der Waals surface area contributed by atoms with E-state index in [0.29, 0.717) is 39.8 Å².